The van der Waals surface area contributed by atoms with E-state index in [1.165, 1.54) is 25.7 Å². The number of phenolic OH excluding ortho intramolecular Hbond substituents is 1. The summed E-state index contributed by atoms with van der Waals surface area (Å²) in [5.74, 6) is 0.856. The number of carbonyl (C=O) groups is 1. The first kappa shape index (κ1) is 14.4. The number of nitrogens with one attached hydrogen (secondary N) is 1. The Hall–Kier alpha value is -1.03. The normalized spacial score (nSPS) is 23.0. The third kappa shape index (κ3) is 4.86. The standard InChI is InChI=1S/C15H20BrNO2/c16-13-6-4-11(5-7-13)10-17-15(19)9-12-2-1-3-14(18)8-12/h1-3,8,11,13,18H,4-7,9-10H2,(H,17,19). The molecule has 1 aromatic rings. The van der Waals surface area contributed by atoms with Gasteiger partial charge in [-0.25, -0.2) is 0 Å². The Balaban J connectivity index is 1.73. The van der Waals surface area contributed by atoms with Crippen molar-refractivity contribution >= 4 is 21.8 Å². The quantitative estimate of drug-likeness (QED) is 0.836. The van der Waals surface area contributed by atoms with Crippen LogP contribution in [0.3, 0.4) is 0 Å². The van der Waals surface area contributed by atoms with Crippen LogP contribution in [0.5, 0.6) is 5.75 Å². The van der Waals surface area contributed by atoms with Crippen molar-refractivity contribution in [2.75, 3.05) is 6.54 Å². The third-order valence-electron chi connectivity index (χ3n) is 3.64. The van der Waals surface area contributed by atoms with Crippen molar-refractivity contribution in [2.24, 2.45) is 5.92 Å². The molecule has 0 saturated heterocycles. The maximum absolute atomic E-state index is 11.8. The predicted molar refractivity (Wildman–Crippen MR) is 79.5 cm³/mol. The van der Waals surface area contributed by atoms with Gasteiger partial charge in [0.1, 0.15) is 5.75 Å². The minimum atomic E-state index is 0.0339. The van der Waals surface area contributed by atoms with Gasteiger partial charge in [-0.3, -0.25) is 4.79 Å². The fourth-order valence-corrected chi connectivity index (χ4v) is 3.03. The second kappa shape index (κ2) is 6.94. The van der Waals surface area contributed by atoms with Crippen LogP contribution in [0, 0.1) is 5.92 Å². The van der Waals surface area contributed by atoms with Gasteiger partial charge < -0.3 is 10.4 Å². The number of benzene rings is 1. The Kier molecular flexibility index (Phi) is 5.25. The lowest BCUT2D eigenvalue weighted by Gasteiger charge is -2.25. The van der Waals surface area contributed by atoms with Crippen LogP contribution >= 0.6 is 15.9 Å². The zero-order chi connectivity index (χ0) is 13.7. The van der Waals surface area contributed by atoms with Crippen LogP contribution in [0.1, 0.15) is 31.2 Å². The molecule has 1 amide bonds. The summed E-state index contributed by atoms with van der Waals surface area (Å²) in [5.41, 5.74) is 0.849. The highest BCUT2D eigenvalue weighted by Gasteiger charge is 2.19. The van der Waals surface area contributed by atoms with Gasteiger partial charge in [0.25, 0.3) is 0 Å². The first-order valence-electron chi connectivity index (χ1n) is 6.82. The van der Waals surface area contributed by atoms with E-state index in [1.54, 1.807) is 18.2 Å². The van der Waals surface area contributed by atoms with E-state index in [4.69, 9.17) is 0 Å². The molecule has 19 heavy (non-hydrogen) atoms. The Bertz CT molecular complexity index is 428. The molecular formula is C15H20BrNO2. The average molecular weight is 326 g/mol. The molecule has 0 aliphatic heterocycles. The van der Waals surface area contributed by atoms with Gasteiger partial charge >= 0.3 is 0 Å². The molecule has 0 bridgehead atoms. The maximum Gasteiger partial charge on any atom is 0.224 e. The second-order valence-electron chi connectivity index (χ2n) is 5.27. The second-order valence-corrected chi connectivity index (χ2v) is 6.56. The molecule has 1 saturated carbocycles. The fourth-order valence-electron chi connectivity index (χ4n) is 2.50. The minimum absolute atomic E-state index is 0.0339. The first-order chi connectivity index (χ1) is 9.13. The molecule has 3 nitrogen and oxygen atoms in total. The Morgan fingerprint density at radius 2 is 2.05 bits per heavy atom. The van der Waals surface area contributed by atoms with E-state index in [9.17, 15) is 9.90 Å². The smallest absolute Gasteiger partial charge is 0.224 e. The molecule has 1 fully saturated rings. The van der Waals surface area contributed by atoms with Gasteiger partial charge in [0, 0.05) is 11.4 Å². The highest BCUT2D eigenvalue weighted by molar-refractivity contribution is 9.09. The number of carbonyl (C=O) groups excluding carboxylic acids is 1. The van der Waals surface area contributed by atoms with Crippen LogP contribution in [-0.2, 0) is 11.2 Å². The molecule has 4 heteroatoms. The topological polar surface area (TPSA) is 49.3 Å². The molecule has 1 aliphatic carbocycles. The van der Waals surface area contributed by atoms with Gasteiger partial charge in [-0.2, -0.15) is 0 Å². The SMILES string of the molecule is O=C(Cc1cccc(O)c1)NCC1CCC(Br)CC1. The van der Waals surface area contributed by atoms with E-state index >= 15 is 0 Å². The number of amides is 1. The summed E-state index contributed by atoms with van der Waals surface area (Å²) in [5, 5.41) is 12.3. The van der Waals surface area contributed by atoms with Crippen molar-refractivity contribution in [1.29, 1.82) is 0 Å². The van der Waals surface area contributed by atoms with Gasteiger partial charge in [0.15, 0.2) is 0 Å². The average Bonchev–Trinajstić information content (AvgIpc) is 2.38. The highest BCUT2D eigenvalue weighted by Crippen LogP contribution is 2.28. The van der Waals surface area contributed by atoms with Gasteiger partial charge in [-0.15, -0.1) is 0 Å². The van der Waals surface area contributed by atoms with E-state index in [0.717, 1.165) is 12.1 Å². The summed E-state index contributed by atoms with van der Waals surface area (Å²) in [7, 11) is 0. The number of phenols is 1. The number of aromatic hydroxyl groups is 1. The number of hydrogen-bond acceptors (Lipinski definition) is 2. The number of halogens is 1. The molecule has 0 spiro atoms. The lowest BCUT2D eigenvalue weighted by atomic mass is 9.89. The number of rotatable bonds is 4. The van der Waals surface area contributed by atoms with E-state index in [2.05, 4.69) is 21.2 Å². The predicted octanol–water partition coefficient (Wildman–Crippen LogP) is 3.00. The largest absolute Gasteiger partial charge is 0.508 e. The zero-order valence-corrected chi connectivity index (χ0v) is 12.5. The molecule has 0 heterocycles. The first-order valence-corrected chi connectivity index (χ1v) is 7.73. The molecule has 2 N–H and O–H groups in total. The van der Waals surface area contributed by atoms with Crippen molar-refractivity contribution in [3.63, 3.8) is 0 Å². The van der Waals surface area contributed by atoms with Gasteiger partial charge in [0.2, 0.25) is 5.91 Å². The van der Waals surface area contributed by atoms with Gasteiger partial charge in [-0.1, -0.05) is 28.1 Å². The van der Waals surface area contributed by atoms with Gasteiger partial charge in [-0.05, 0) is 49.3 Å². The van der Waals surface area contributed by atoms with Crippen LogP contribution in [-0.4, -0.2) is 22.4 Å². The Labute approximate surface area is 122 Å². The van der Waals surface area contributed by atoms with Crippen molar-refractivity contribution in [3.05, 3.63) is 29.8 Å². The Morgan fingerprint density at radius 3 is 2.74 bits per heavy atom. The van der Waals surface area contributed by atoms with Crippen LogP contribution in [0.4, 0.5) is 0 Å². The van der Waals surface area contributed by atoms with E-state index in [-0.39, 0.29) is 11.7 Å². The fraction of sp³-hybridized carbons (Fsp3) is 0.533. The van der Waals surface area contributed by atoms with Crippen molar-refractivity contribution in [3.8, 4) is 5.75 Å². The van der Waals surface area contributed by atoms with Crippen molar-refractivity contribution in [2.45, 2.75) is 36.9 Å². The van der Waals surface area contributed by atoms with Crippen LogP contribution in [0.15, 0.2) is 24.3 Å². The van der Waals surface area contributed by atoms with Crippen molar-refractivity contribution < 1.29 is 9.90 Å². The van der Waals surface area contributed by atoms with Crippen LogP contribution < -0.4 is 5.32 Å². The molecule has 0 radical (unpaired) electrons. The van der Waals surface area contributed by atoms with Crippen molar-refractivity contribution in [1.82, 2.24) is 5.32 Å². The van der Waals surface area contributed by atoms with Gasteiger partial charge in [0.05, 0.1) is 6.42 Å². The maximum atomic E-state index is 11.8. The molecule has 1 aliphatic rings. The molecule has 1 aromatic carbocycles. The molecule has 2 rings (SSSR count). The molecule has 0 atom stereocenters. The highest BCUT2D eigenvalue weighted by atomic mass is 79.9. The third-order valence-corrected chi connectivity index (χ3v) is 4.56. The zero-order valence-electron chi connectivity index (χ0n) is 10.9. The van der Waals surface area contributed by atoms with E-state index in [0.29, 0.717) is 17.2 Å². The lowest BCUT2D eigenvalue weighted by Crippen LogP contribution is -2.32. The summed E-state index contributed by atoms with van der Waals surface area (Å²) >= 11 is 3.64. The molecule has 104 valence electrons. The monoisotopic (exact) mass is 325 g/mol. The molecular weight excluding hydrogens is 306 g/mol. The summed E-state index contributed by atoms with van der Waals surface area (Å²) < 4.78 is 0. The summed E-state index contributed by atoms with van der Waals surface area (Å²) in [6.45, 7) is 0.775. The minimum Gasteiger partial charge on any atom is -0.508 e. The number of hydrogen-bond donors (Lipinski definition) is 2. The lowest BCUT2D eigenvalue weighted by molar-refractivity contribution is -0.120. The van der Waals surface area contributed by atoms with E-state index in [1.807, 2.05) is 6.07 Å². The Morgan fingerprint density at radius 1 is 1.32 bits per heavy atom. The van der Waals surface area contributed by atoms with E-state index < -0.39 is 0 Å². The number of alkyl halides is 1. The summed E-state index contributed by atoms with van der Waals surface area (Å²) in [4.78, 5) is 12.5. The van der Waals surface area contributed by atoms with Crippen LogP contribution in [0.2, 0.25) is 0 Å². The summed E-state index contributed by atoms with van der Waals surface area (Å²) in [6, 6.07) is 6.86. The molecule has 0 aromatic heterocycles. The van der Waals surface area contributed by atoms with Crippen LogP contribution in [0.25, 0.3) is 0 Å². The molecule has 0 unspecified atom stereocenters. The summed E-state index contributed by atoms with van der Waals surface area (Å²) in [6.07, 6.45) is 5.10.